The third-order valence-corrected chi connectivity index (χ3v) is 5.53. The van der Waals surface area contributed by atoms with Gasteiger partial charge in [0.25, 0.3) is 0 Å². The first-order valence-corrected chi connectivity index (χ1v) is 8.23. The van der Waals surface area contributed by atoms with E-state index in [4.69, 9.17) is 10.5 Å². The van der Waals surface area contributed by atoms with Crippen LogP contribution in [0.3, 0.4) is 0 Å². The Bertz CT molecular complexity index is 361. The molecule has 0 amide bonds. The van der Waals surface area contributed by atoms with Gasteiger partial charge in [0, 0.05) is 0 Å². The molecule has 0 unspecified atom stereocenters. The van der Waals surface area contributed by atoms with E-state index in [2.05, 4.69) is 0 Å². The lowest BCUT2D eigenvalue weighted by Gasteiger charge is -2.57. The SMILES string of the molecule is CC(C)(C)OC(=O)[C@@H](N)CC12CC3CC(CC(C3)C1)C2. The highest BCUT2D eigenvalue weighted by molar-refractivity contribution is 5.76. The molecule has 0 aliphatic heterocycles. The molecule has 4 fully saturated rings. The molecule has 4 bridgehead atoms. The van der Waals surface area contributed by atoms with Gasteiger partial charge in [-0.05, 0) is 88.9 Å². The molecule has 3 heteroatoms. The minimum absolute atomic E-state index is 0.215. The maximum atomic E-state index is 12.1. The summed E-state index contributed by atoms with van der Waals surface area (Å²) < 4.78 is 5.45. The molecular weight excluding hydrogens is 250 g/mol. The number of hydrogen-bond acceptors (Lipinski definition) is 3. The standard InChI is InChI=1S/C17H29NO2/c1-16(2,3)20-15(19)14(18)10-17-7-11-4-12(8-17)6-13(5-11)9-17/h11-14H,4-10,18H2,1-3H3/t11?,12?,13?,14-,17?/m0/s1. The molecule has 4 aliphatic carbocycles. The number of hydrogen-bond donors (Lipinski definition) is 1. The minimum Gasteiger partial charge on any atom is -0.459 e. The van der Waals surface area contributed by atoms with Crippen molar-refractivity contribution in [1.82, 2.24) is 0 Å². The first kappa shape index (κ1) is 14.4. The van der Waals surface area contributed by atoms with E-state index in [0.29, 0.717) is 5.41 Å². The molecule has 114 valence electrons. The summed E-state index contributed by atoms with van der Waals surface area (Å²) in [6, 6.07) is -0.439. The van der Waals surface area contributed by atoms with Crippen molar-refractivity contribution in [2.45, 2.75) is 77.4 Å². The molecule has 1 atom stereocenters. The third kappa shape index (κ3) is 2.88. The Balaban J connectivity index is 1.64. The molecule has 0 aromatic rings. The lowest BCUT2D eigenvalue weighted by atomic mass is 9.48. The van der Waals surface area contributed by atoms with E-state index in [1.807, 2.05) is 20.8 Å². The summed E-state index contributed by atoms with van der Waals surface area (Å²) in [4.78, 5) is 12.1. The highest BCUT2D eigenvalue weighted by Crippen LogP contribution is 2.61. The van der Waals surface area contributed by atoms with Gasteiger partial charge in [0.15, 0.2) is 0 Å². The maximum Gasteiger partial charge on any atom is 0.323 e. The normalized spacial score (nSPS) is 40.7. The predicted molar refractivity (Wildman–Crippen MR) is 79.0 cm³/mol. The number of carbonyl (C=O) groups excluding carboxylic acids is 1. The summed E-state index contributed by atoms with van der Waals surface area (Å²) in [5.74, 6) is 2.51. The second-order valence-corrected chi connectivity index (χ2v) is 8.76. The highest BCUT2D eigenvalue weighted by Gasteiger charge is 2.51. The lowest BCUT2D eigenvalue weighted by Crippen LogP contribution is -2.50. The molecule has 2 N–H and O–H groups in total. The molecule has 0 spiro atoms. The van der Waals surface area contributed by atoms with Crippen LogP contribution >= 0.6 is 0 Å². The van der Waals surface area contributed by atoms with Gasteiger partial charge in [0.05, 0.1) is 0 Å². The van der Waals surface area contributed by atoms with Gasteiger partial charge in [-0.3, -0.25) is 4.79 Å². The van der Waals surface area contributed by atoms with Crippen LogP contribution in [-0.2, 0) is 9.53 Å². The van der Waals surface area contributed by atoms with Crippen molar-refractivity contribution in [1.29, 1.82) is 0 Å². The van der Waals surface area contributed by atoms with Crippen LogP contribution in [0.1, 0.15) is 65.7 Å². The van der Waals surface area contributed by atoms with Crippen LogP contribution < -0.4 is 5.73 Å². The van der Waals surface area contributed by atoms with E-state index in [9.17, 15) is 4.79 Å². The average Bonchev–Trinajstić information content (AvgIpc) is 2.23. The minimum atomic E-state index is -0.439. The number of carbonyl (C=O) groups is 1. The summed E-state index contributed by atoms with van der Waals surface area (Å²) in [6.45, 7) is 5.72. The first-order valence-electron chi connectivity index (χ1n) is 8.23. The molecule has 0 radical (unpaired) electrons. The predicted octanol–water partition coefficient (Wildman–Crippen LogP) is 3.26. The maximum absolute atomic E-state index is 12.1. The number of esters is 1. The average molecular weight is 279 g/mol. The van der Waals surface area contributed by atoms with Gasteiger partial charge in [-0.1, -0.05) is 0 Å². The van der Waals surface area contributed by atoms with Gasteiger partial charge < -0.3 is 10.5 Å². The first-order chi connectivity index (χ1) is 9.25. The van der Waals surface area contributed by atoms with Crippen molar-refractivity contribution >= 4 is 5.97 Å². The summed E-state index contributed by atoms with van der Waals surface area (Å²) in [5, 5.41) is 0. The molecule has 0 heterocycles. The van der Waals surface area contributed by atoms with Gasteiger partial charge in [0.1, 0.15) is 11.6 Å². The van der Waals surface area contributed by atoms with Crippen molar-refractivity contribution in [3.8, 4) is 0 Å². The second-order valence-electron chi connectivity index (χ2n) is 8.76. The Kier molecular flexibility index (Phi) is 3.39. The number of nitrogens with two attached hydrogens (primary N) is 1. The highest BCUT2D eigenvalue weighted by atomic mass is 16.6. The fourth-order valence-corrected chi connectivity index (χ4v) is 5.47. The second kappa shape index (κ2) is 4.72. The molecular formula is C17H29NO2. The van der Waals surface area contributed by atoms with Crippen LogP contribution in [0, 0.1) is 23.2 Å². The Morgan fingerprint density at radius 3 is 2.00 bits per heavy atom. The quantitative estimate of drug-likeness (QED) is 0.807. The van der Waals surface area contributed by atoms with Gasteiger partial charge in [-0.15, -0.1) is 0 Å². The Morgan fingerprint density at radius 1 is 1.15 bits per heavy atom. The summed E-state index contributed by atoms with van der Waals surface area (Å²) in [6.07, 6.45) is 9.04. The van der Waals surface area contributed by atoms with Crippen molar-refractivity contribution < 1.29 is 9.53 Å². The van der Waals surface area contributed by atoms with Crippen molar-refractivity contribution in [3.63, 3.8) is 0 Å². The molecule has 0 aromatic heterocycles. The summed E-state index contributed by atoms with van der Waals surface area (Å²) in [5.41, 5.74) is 6.09. The fourth-order valence-electron chi connectivity index (χ4n) is 5.47. The van der Waals surface area contributed by atoms with E-state index in [1.54, 1.807) is 0 Å². The smallest absolute Gasteiger partial charge is 0.323 e. The zero-order valence-corrected chi connectivity index (χ0v) is 13.2. The van der Waals surface area contributed by atoms with E-state index < -0.39 is 11.6 Å². The van der Waals surface area contributed by atoms with Crippen LogP contribution in [0.2, 0.25) is 0 Å². The van der Waals surface area contributed by atoms with Crippen LogP contribution in [0.4, 0.5) is 0 Å². The van der Waals surface area contributed by atoms with Gasteiger partial charge in [-0.2, -0.15) is 0 Å². The topological polar surface area (TPSA) is 52.3 Å². The van der Waals surface area contributed by atoms with Crippen molar-refractivity contribution in [2.75, 3.05) is 0 Å². The van der Waals surface area contributed by atoms with Crippen LogP contribution in [0.25, 0.3) is 0 Å². The Hall–Kier alpha value is -0.570. The van der Waals surface area contributed by atoms with Crippen molar-refractivity contribution in [2.24, 2.45) is 28.9 Å². The van der Waals surface area contributed by atoms with Gasteiger partial charge in [-0.25, -0.2) is 0 Å². The molecule has 4 aliphatic rings. The summed E-state index contributed by atoms with van der Waals surface area (Å²) in [7, 11) is 0. The largest absolute Gasteiger partial charge is 0.459 e. The van der Waals surface area contributed by atoms with E-state index in [0.717, 1.165) is 24.2 Å². The third-order valence-electron chi connectivity index (χ3n) is 5.53. The fraction of sp³-hybridized carbons (Fsp3) is 0.941. The van der Waals surface area contributed by atoms with Crippen LogP contribution in [0.15, 0.2) is 0 Å². The molecule has 0 aromatic carbocycles. The lowest BCUT2D eigenvalue weighted by molar-refractivity contribution is -0.159. The van der Waals surface area contributed by atoms with Crippen LogP contribution in [0.5, 0.6) is 0 Å². The van der Waals surface area contributed by atoms with E-state index >= 15 is 0 Å². The number of rotatable bonds is 3. The number of ether oxygens (including phenoxy) is 1. The molecule has 20 heavy (non-hydrogen) atoms. The van der Waals surface area contributed by atoms with Crippen LogP contribution in [-0.4, -0.2) is 17.6 Å². The van der Waals surface area contributed by atoms with Gasteiger partial charge >= 0.3 is 5.97 Å². The zero-order valence-electron chi connectivity index (χ0n) is 13.2. The molecule has 4 rings (SSSR count). The Labute approximate surface area is 122 Å². The van der Waals surface area contributed by atoms with E-state index in [1.165, 1.54) is 38.5 Å². The van der Waals surface area contributed by atoms with E-state index in [-0.39, 0.29) is 5.97 Å². The Morgan fingerprint density at radius 2 is 1.60 bits per heavy atom. The molecule has 3 nitrogen and oxygen atoms in total. The summed E-state index contributed by atoms with van der Waals surface area (Å²) >= 11 is 0. The molecule has 4 saturated carbocycles. The molecule has 0 saturated heterocycles. The zero-order chi connectivity index (χ0) is 14.5. The van der Waals surface area contributed by atoms with Gasteiger partial charge in [0.2, 0.25) is 0 Å². The monoisotopic (exact) mass is 279 g/mol. The van der Waals surface area contributed by atoms with Crippen molar-refractivity contribution in [3.05, 3.63) is 0 Å².